The Hall–Kier alpha value is -0.670. The molecule has 0 saturated heterocycles. The first-order valence-corrected chi connectivity index (χ1v) is 6.92. The number of halogens is 2. The SMILES string of the molecule is O=C(N[C@@H](CCO)C(=O)O)c1cc(I)ccc1Br. The predicted molar refractivity (Wildman–Crippen MR) is 77.5 cm³/mol. The van der Waals surface area contributed by atoms with Crippen LogP contribution < -0.4 is 5.32 Å². The van der Waals surface area contributed by atoms with Gasteiger partial charge in [0.05, 0.1) is 5.56 Å². The van der Waals surface area contributed by atoms with Gasteiger partial charge in [-0.05, 0) is 56.7 Å². The lowest BCUT2D eigenvalue weighted by molar-refractivity contribution is -0.139. The van der Waals surface area contributed by atoms with E-state index < -0.39 is 17.9 Å². The van der Waals surface area contributed by atoms with Crippen molar-refractivity contribution in [1.82, 2.24) is 5.32 Å². The highest BCUT2D eigenvalue weighted by Gasteiger charge is 2.21. The monoisotopic (exact) mass is 427 g/mol. The maximum Gasteiger partial charge on any atom is 0.326 e. The highest BCUT2D eigenvalue weighted by atomic mass is 127. The number of carbonyl (C=O) groups excluding carboxylic acids is 1. The number of benzene rings is 1. The molecule has 98 valence electrons. The highest BCUT2D eigenvalue weighted by molar-refractivity contribution is 14.1. The van der Waals surface area contributed by atoms with Crippen LogP contribution in [0.2, 0.25) is 0 Å². The molecule has 0 fully saturated rings. The van der Waals surface area contributed by atoms with Crippen molar-refractivity contribution in [3.05, 3.63) is 31.8 Å². The number of hydrogen-bond acceptors (Lipinski definition) is 3. The summed E-state index contributed by atoms with van der Waals surface area (Å²) in [5, 5.41) is 20.0. The van der Waals surface area contributed by atoms with Gasteiger partial charge < -0.3 is 15.5 Å². The molecule has 1 aromatic rings. The molecule has 5 nitrogen and oxygen atoms in total. The number of hydrogen-bond donors (Lipinski definition) is 3. The van der Waals surface area contributed by atoms with Gasteiger partial charge in [0.25, 0.3) is 5.91 Å². The standard InChI is InChI=1S/C11H11BrINO4/c12-8-2-1-6(13)5-7(8)10(16)14-9(3-4-15)11(17)18/h1-2,5,9,15H,3-4H2,(H,14,16)(H,17,18)/t9-/m0/s1. The van der Waals surface area contributed by atoms with Crippen LogP contribution in [0.25, 0.3) is 0 Å². The molecule has 0 spiro atoms. The Labute approximate surface area is 126 Å². The van der Waals surface area contributed by atoms with Crippen LogP contribution in [0.5, 0.6) is 0 Å². The first-order valence-electron chi connectivity index (χ1n) is 5.05. The molecular formula is C11H11BrINO4. The van der Waals surface area contributed by atoms with Crippen molar-refractivity contribution in [3.8, 4) is 0 Å². The molecule has 0 saturated carbocycles. The zero-order valence-electron chi connectivity index (χ0n) is 9.19. The summed E-state index contributed by atoms with van der Waals surface area (Å²) in [6, 6.07) is 4.10. The zero-order chi connectivity index (χ0) is 13.7. The summed E-state index contributed by atoms with van der Waals surface area (Å²) in [6.07, 6.45) is -0.0252. The third-order valence-corrected chi connectivity index (χ3v) is 3.56. The summed E-state index contributed by atoms with van der Waals surface area (Å²) in [7, 11) is 0. The van der Waals surface area contributed by atoms with Crippen molar-refractivity contribution < 1.29 is 19.8 Å². The van der Waals surface area contributed by atoms with Crippen molar-refractivity contribution >= 4 is 50.4 Å². The Kier molecular flexibility index (Phi) is 6.03. The minimum atomic E-state index is -1.17. The third kappa shape index (κ3) is 4.21. The fourth-order valence-electron chi connectivity index (χ4n) is 1.29. The van der Waals surface area contributed by atoms with Gasteiger partial charge in [0.2, 0.25) is 0 Å². The van der Waals surface area contributed by atoms with Crippen LogP contribution in [-0.2, 0) is 4.79 Å². The molecule has 1 rings (SSSR count). The fraction of sp³-hybridized carbons (Fsp3) is 0.273. The number of aliphatic hydroxyl groups excluding tert-OH is 1. The Bertz CT molecular complexity index is 466. The number of aliphatic carboxylic acids is 1. The maximum atomic E-state index is 11.9. The van der Waals surface area contributed by atoms with E-state index in [9.17, 15) is 9.59 Å². The lowest BCUT2D eigenvalue weighted by Gasteiger charge is -2.14. The second kappa shape index (κ2) is 7.05. The first kappa shape index (κ1) is 15.4. The van der Waals surface area contributed by atoms with E-state index in [2.05, 4.69) is 43.8 Å². The van der Waals surface area contributed by atoms with Gasteiger partial charge in [-0.25, -0.2) is 4.79 Å². The number of carbonyl (C=O) groups is 2. The number of aliphatic hydroxyl groups is 1. The molecule has 1 atom stereocenters. The van der Waals surface area contributed by atoms with Crippen LogP contribution in [-0.4, -0.2) is 34.7 Å². The topological polar surface area (TPSA) is 86.6 Å². The largest absolute Gasteiger partial charge is 0.480 e. The van der Waals surface area contributed by atoms with Crippen LogP contribution in [0.3, 0.4) is 0 Å². The maximum absolute atomic E-state index is 11.9. The van der Waals surface area contributed by atoms with E-state index in [4.69, 9.17) is 10.2 Å². The predicted octanol–water partition coefficient (Wildman–Crippen LogP) is 1.62. The molecule has 0 aliphatic heterocycles. The van der Waals surface area contributed by atoms with E-state index in [-0.39, 0.29) is 13.0 Å². The van der Waals surface area contributed by atoms with Crippen LogP contribution in [0.15, 0.2) is 22.7 Å². The van der Waals surface area contributed by atoms with Gasteiger partial charge in [0.15, 0.2) is 0 Å². The van der Waals surface area contributed by atoms with Crippen LogP contribution in [0, 0.1) is 3.57 Å². The minimum Gasteiger partial charge on any atom is -0.480 e. The third-order valence-electron chi connectivity index (χ3n) is 2.19. The van der Waals surface area contributed by atoms with Crippen molar-refractivity contribution in [2.45, 2.75) is 12.5 Å². The van der Waals surface area contributed by atoms with Crippen LogP contribution >= 0.6 is 38.5 Å². The van der Waals surface area contributed by atoms with E-state index in [1.54, 1.807) is 12.1 Å². The van der Waals surface area contributed by atoms with Crippen molar-refractivity contribution in [2.75, 3.05) is 6.61 Å². The fourth-order valence-corrected chi connectivity index (χ4v) is 2.21. The van der Waals surface area contributed by atoms with E-state index in [0.29, 0.717) is 10.0 Å². The number of nitrogens with one attached hydrogen (secondary N) is 1. The zero-order valence-corrected chi connectivity index (χ0v) is 12.9. The quantitative estimate of drug-likeness (QED) is 0.623. The van der Waals surface area contributed by atoms with Gasteiger partial charge in [-0.15, -0.1) is 0 Å². The molecule has 0 radical (unpaired) electrons. The number of amides is 1. The van der Waals surface area contributed by atoms with E-state index in [1.807, 2.05) is 6.07 Å². The normalized spacial score (nSPS) is 11.9. The lowest BCUT2D eigenvalue weighted by Crippen LogP contribution is -2.41. The van der Waals surface area contributed by atoms with E-state index in [1.165, 1.54) is 0 Å². The molecule has 0 aliphatic rings. The molecule has 1 aromatic carbocycles. The smallest absolute Gasteiger partial charge is 0.326 e. The summed E-state index contributed by atoms with van der Waals surface area (Å²) < 4.78 is 1.46. The molecule has 3 N–H and O–H groups in total. The first-order chi connectivity index (χ1) is 8.45. The minimum absolute atomic E-state index is 0.0252. The highest BCUT2D eigenvalue weighted by Crippen LogP contribution is 2.19. The number of rotatable bonds is 5. The summed E-state index contributed by atoms with van der Waals surface area (Å²) in [5.41, 5.74) is 0.367. The van der Waals surface area contributed by atoms with Crippen molar-refractivity contribution in [1.29, 1.82) is 0 Å². The van der Waals surface area contributed by atoms with E-state index >= 15 is 0 Å². The molecular weight excluding hydrogens is 417 g/mol. The molecule has 0 aliphatic carbocycles. The average Bonchev–Trinajstić information content (AvgIpc) is 2.31. The lowest BCUT2D eigenvalue weighted by atomic mass is 10.1. The molecule has 0 aromatic heterocycles. The van der Waals surface area contributed by atoms with Gasteiger partial charge in [0, 0.05) is 21.1 Å². The molecule has 1 amide bonds. The Morgan fingerprint density at radius 2 is 2.11 bits per heavy atom. The molecule has 0 bridgehead atoms. The number of carboxylic acids is 1. The molecule has 18 heavy (non-hydrogen) atoms. The summed E-state index contributed by atoms with van der Waals surface area (Å²) in [6.45, 7) is -0.301. The summed E-state index contributed by atoms with van der Waals surface area (Å²) in [4.78, 5) is 22.8. The number of carboxylic acid groups (broad SMARTS) is 1. The van der Waals surface area contributed by atoms with Gasteiger partial charge in [-0.3, -0.25) is 4.79 Å². The van der Waals surface area contributed by atoms with Crippen molar-refractivity contribution in [3.63, 3.8) is 0 Å². The Morgan fingerprint density at radius 1 is 1.44 bits per heavy atom. The molecule has 7 heteroatoms. The van der Waals surface area contributed by atoms with E-state index in [0.717, 1.165) is 3.57 Å². The van der Waals surface area contributed by atoms with Gasteiger partial charge >= 0.3 is 5.97 Å². The molecule has 0 unspecified atom stereocenters. The summed E-state index contributed by atoms with van der Waals surface area (Å²) >= 11 is 5.30. The van der Waals surface area contributed by atoms with Crippen LogP contribution in [0.1, 0.15) is 16.8 Å². The van der Waals surface area contributed by atoms with Gasteiger partial charge in [0.1, 0.15) is 6.04 Å². The molecule has 0 heterocycles. The average molecular weight is 428 g/mol. The Balaban J connectivity index is 2.86. The second-order valence-electron chi connectivity index (χ2n) is 3.50. The van der Waals surface area contributed by atoms with Crippen molar-refractivity contribution in [2.24, 2.45) is 0 Å². The second-order valence-corrected chi connectivity index (χ2v) is 5.60. The van der Waals surface area contributed by atoms with Gasteiger partial charge in [-0.1, -0.05) is 0 Å². The Morgan fingerprint density at radius 3 is 2.67 bits per heavy atom. The van der Waals surface area contributed by atoms with Gasteiger partial charge in [-0.2, -0.15) is 0 Å². The summed E-state index contributed by atoms with van der Waals surface area (Å²) in [5.74, 6) is -1.65. The van der Waals surface area contributed by atoms with Crippen LogP contribution in [0.4, 0.5) is 0 Å².